The highest BCUT2D eigenvalue weighted by atomic mass is 32.1. The van der Waals surface area contributed by atoms with Gasteiger partial charge < -0.3 is 14.7 Å². The van der Waals surface area contributed by atoms with Gasteiger partial charge in [0, 0.05) is 16.8 Å². The second kappa shape index (κ2) is 6.79. The van der Waals surface area contributed by atoms with Crippen molar-refractivity contribution in [1.82, 2.24) is 20.0 Å². The highest BCUT2D eigenvalue weighted by molar-refractivity contribution is 7.11. The molecule has 0 aliphatic rings. The van der Waals surface area contributed by atoms with Gasteiger partial charge in [0.2, 0.25) is 0 Å². The summed E-state index contributed by atoms with van der Waals surface area (Å²) in [5.41, 5.74) is 1.17. The first kappa shape index (κ1) is 16.1. The van der Waals surface area contributed by atoms with Crippen LogP contribution in [0.1, 0.15) is 15.6 Å². The van der Waals surface area contributed by atoms with Crippen LogP contribution < -0.4 is 5.32 Å². The number of urea groups is 1. The number of aryl methyl sites for hydroxylation is 2. The lowest BCUT2D eigenvalue weighted by Gasteiger charge is -2.17. The Morgan fingerprint density at radius 3 is 2.71 bits per heavy atom. The summed E-state index contributed by atoms with van der Waals surface area (Å²) in [6.45, 7) is 4.36. The minimum absolute atomic E-state index is 0.191. The second-order valence-electron chi connectivity index (χ2n) is 5.38. The van der Waals surface area contributed by atoms with Crippen LogP contribution in [0, 0.1) is 13.8 Å². The van der Waals surface area contributed by atoms with Gasteiger partial charge in [0.1, 0.15) is 5.69 Å². The lowest BCUT2D eigenvalue weighted by molar-refractivity contribution is 0.221. The van der Waals surface area contributed by atoms with E-state index in [9.17, 15) is 4.79 Å². The van der Waals surface area contributed by atoms with Crippen LogP contribution in [0.25, 0.3) is 11.6 Å². The molecule has 0 saturated heterocycles. The average Bonchev–Trinajstić information content (AvgIpc) is 3.16. The fraction of sp³-hybridized carbons (Fsp3) is 0.250. The number of anilines is 1. The Morgan fingerprint density at radius 2 is 2.12 bits per heavy atom. The largest absolute Gasteiger partial charge is 0.332 e. The first-order valence-electron chi connectivity index (χ1n) is 7.35. The molecule has 3 aromatic rings. The minimum atomic E-state index is -0.191. The van der Waals surface area contributed by atoms with Crippen molar-refractivity contribution < 1.29 is 9.32 Å². The van der Waals surface area contributed by atoms with Gasteiger partial charge >= 0.3 is 6.03 Å². The number of rotatable bonds is 4. The zero-order chi connectivity index (χ0) is 17.1. The molecule has 0 aromatic carbocycles. The van der Waals surface area contributed by atoms with E-state index in [-0.39, 0.29) is 6.03 Å². The van der Waals surface area contributed by atoms with Gasteiger partial charge in [-0.3, -0.25) is 0 Å². The lowest BCUT2D eigenvalue weighted by atomic mass is 10.3. The van der Waals surface area contributed by atoms with Gasteiger partial charge in [-0.1, -0.05) is 5.16 Å². The molecule has 8 heteroatoms. The highest BCUT2D eigenvalue weighted by Gasteiger charge is 2.12. The van der Waals surface area contributed by atoms with Crippen molar-refractivity contribution in [2.24, 2.45) is 0 Å². The molecule has 0 unspecified atom stereocenters. The zero-order valence-corrected chi connectivity index (χ0v) is 14.4. The quantitative estimate of drug-likeness (QED) is 0.784. The number of hydrogen-bond acceptors (Lipinski definition) is 6. The van der Waals surface area contributed by atoms with Gasteiger partial charge in [-0.25, -0.2) is 9.78 Å². The summed E-state index contributed by atoms with van der Waals surface area (Å²) < 4.78 is 5.06. The SMILES string of the molecule is Cc1noc(-c2ccc(NC(=O)N(C)Cc3ccc(C)s3)cn2)n1. The number of carbonyl (C=O) groups excluding carboxylic acids is 1. The molecule has 3 heterocycles. The third-order valence-electron chi connectivity index (χ3n) is 3.30. The Balaban J connectivity index is 1.61. The topological polar surface area (TPSA) is 84.2 Å². The lowest BCUT2D eigenvalue weighted by Crippen LogP contribution is -2.30. The molecule has 0 atom stereocenters. The molecule has 0 radical (unpaired) electrons. The number of pyridine rings is 1. The smallest absolute Gasteiger partial charge is 0.321 e. The van der Waals surface area contributed by atoms with E-state index in [0.29, 0.717) is 29.6 Å². The van der Waals surface area contributed by atoms with E-state index < -0.39 is 0 Å². The van der Waals surface area contributed by atoms with Crippen LogP contribution in [0.15, 0.2) is 35.0 Å². The van der Waals surface area contributed by atoms with E-state index in [1.165, 1.54) is 4.88 Å². The predicted molar refractivity (Wildman–Crippen MR) is 91.8 cm³/mol. The molecule has 7 nitrogen and oxygen atoms in total. The molecule has 24 heavy (non-hydrogen) atoms. The molecule has 0 aliphatic heterocycles. The van der Waals surface area contributed by atoms with Crippen LogP contribution >= 0.6 is 11.3 Å². The van der Waals surface area contributed by atoms with Crippen LogP contribution in [0.4, 0.5) is 10.5 Å². The minimum Gasteiger partial charge on any atom is -0.332 e. The van der Waals surface area contributed by atoms with Crippen molar-refractivity contribution >= 4 is 23.1 Å². The third kappa shape index (κ3) is 3.77. The van der Waals surface area contributed by atoms with Gasteiger partial charge in [0.05, 0.1) is 18.4 Å². The summed E-state index contributed by atoms with van der Waals surface area (Å²) in [7, 11) is 1.76. The fourth-order valence-electron chi connectivity index (χ4n) is 2.09. The molecule has 2 amide bonds. The maximum atomic E-state index is 12.2. The number of thiophene rings is 1. The van der Waals surface area contributed by atoms with E-state index in [4.69, 9.17) is 4.52 Å². The summed E-state index contributed by atoms with van der Waals surface area (Å²) in [4.78, 5) is 24.6. The van der Waals surface area contributed by atoms with E-state index in [1.807, 2.05) is 19.1 Å². The Morgan fingerprint density at radius 1 is 1.29 bits per heavy atom. The number of hydrogen-bond donors (Lipinski definition) is 1. The van der Waals surface area contributed by atoms with Crippen molar-refractivity contribution in [3.8, 4) is 11.6 Å². The molecule has 0 bridgehead atoms. The Kier molecular flexibility index (Phi) is 4.57. The monoisotopic (exact) mass is 343 g/mol. The number of nitrogens with zero attached hydrogens (tertiary/aromatic N) is 4. The number of carbonyl (C=O) groups is 1. The summed E-state index contributed by atoms with van der Waals surface area (Å²) in [5.74, 6) is 0.908. The van der Waals surface area contributed by atoms with Gasteiger partial charge in [-0.15, -0.1) is 11.3 Å². The Hall–Kier alpha value is -2.74. The van der Waals surface area contributed by atoms with Crippen molar-refractivity contribution in [1.29, 1.82) is 0 Å². The maximum Gasteiger partial charge on any atom is 0.321 e. The molecule has 0 aliphatic carbocycles. The van der Waals surface area contributed by atoms with Crippen LogP contribution in [0.5, 0.6) is 0 Å². The van der Waals surface area contributed by atoms with Gasteiger partial charge in [-0.2, -0.15) is 4.98 Å². The molecule has 0 spiro atoms. The number of amides is 2. The summed E-state index contributed by atoms with van der Waals surface area (Å²) in [6, 6.07) is 7.37. The summed E-state index contributed by atoms with van der Waals surface area (Å²) in [5, 5.41) is 6.54. The van der Waals surface area contributed by atoms with Crippen LogP contribution in [-0.2, 0) is 6.54 Å². The highest BCUT2D eigenvalue weighted by Crippen LogP contribution is 2.18. The third-order valence-corrected chi connectivity index (χ3v) is 4.28. The van der Waals surface area contributed by atoms with Crippen molar-refractivity contribution in [2.45, 2.75) is 20.4 Å². The standard InChI is InChI=1S/C16H17N5O2S/c1-10-4-6-13(24-10)9-21(3)16(22)19-12-5-7-14(17-8-12)15-18-11(2)20-23-15/h4-8H,9H2,1-3H3,(H,19,22). The van der Waals surface area contributed by atoms with Crippen molar-refractivity contribution in [3.05, 3.63) is 46.0 Å². The predicted octanol–water partition coefficient (Wildman–Crippen LogP) is 3.47. The maximum absolute atomic E-state index is 12.2. The molecular weight excluding hydrogens is 326 g/mol. The van der Waals surface area contributed by atoms with E-state index in [1.54, 1.807) is 48.5 Å². The van der Waals surface area contributed by atoms with Crippen LogP contribution in [0.2, 0.25) is 0 Å². The van der Waals surface area contributed by atoms with Gasteiger partial charge in [-0.05, 0) is 38.1 Å². The van der Waals surface area contributed by atoms with Gasteiger partial charge in [0.25, 0.3) is 5.89 Å². The van der Waals surface area contributed by atoms with Crippen molar-refractivity contribution in [3.63, 3.8) is 0 Å². The van der Waals surface area contributed by atoms with E-state index in [0.717, 1.165) is 4.88 Å². The number of nitrogens with one attached hydrogen (secondary N) is 1. The molecule has 3 aromatic heterocycles. The molecular formula is C16H17N5O2S. The summed E-state index contributed by atoms with van der Waals surface area (Å²) in [6.07, 6.45) is 1.57. The summed E-state index contributed by atoms with van der Waals surface area (Å²) >= 11 is 1.68. The fourth-order valence-corrected chi connectivity index (χ4v) is 3.03. The average molecular weight is 343 g/mol. The first-order valence-corrected chi connectivity index (χ1v) is 8.17. The second-order valence-corrected chi connectivity index (χ2v) is 6.75. The molecule has 3 rings (SSSR count). The zero-order valence-electron chi connectivity index (χ0n) is 13.6. The van der Waals surface area contributed by atoms with Crippen molar-refractivity contribution in [2.75, 3.05) is 12.4 Å². The Labute approximate surface area is 143 Å². The van der Waals surface area contributed by atoms with E-state index in [2.05, 4.69) is 20.4 Å². The molecule has 0 fully saturated rings. The normalized spacial score (nSPS) is 10.6. The van der Waals surface area contributed by atoms with Gasteiger partial charge in [0.15, 0.2) is 5.82 Å². The molecule has 1 N–H and O–H groups in total. The van der Waals surface area contributed by atoms with Crippen LogP contribution in [0.3, 0.4) is 0 Å². The number of aromatic nitrogens is 3. The van der Waals surface area contributed by atoms with Crippen LogP contribution in [-0.4, -0.2) is 33.1 Å². The molecule has 0 saturated carbocycles. The molecule has 124 valence electrons. The first-order chi connectivity index (χ1) is 11.5. The van der Waals surface area contributed by atoms with E-state index >= 15 is 0 Å². The Bertz CT molecular complexity index is 840.